The molecule has 0 aliphatic carbocycles. The van der Waals surface area contributed by atoms with Crippen LogP contribution in [0.1, 0.15) is 44.2 Å². The second kappa shape index (κ2) is 7.71. The first-order valence-corrected chi connectivity index (χ1v) is 8.14. The molecule has 2 heterocycles. The van der Waals surface area contributed by atoms with Gasteiger partial charge in [-0.25, -0.2) is 9.97 Å². The Hall–Kier alpha value is -1.20. The zero-order chi connectivity index (χ0) is 15.2. The van der Waals surface area contributed by atoms with Crippen molar-refractivity contribution < 1.29 is 0 Å². The molecule has 1 unspecified atom stereocenters. The van der Waals surface area contributed by atoms with E-state index in [-0.39, 0.29) is 6.04 Å². The number of nitrogens with one attached hydrogen (secondary N) is 1. The molecule has 1 aromatic rings. The zero-order valence-corrected chi connectivity index (χ0v) is 13.9. The van der Waals surface area contributed by atoms with Crippen LogP contribution in [0.2, 0.25) is 0 Å². The molecule has 1 N–H and O–H groups in total. The molecule has 5 nitrogen and oxygen atoms in total. The largest absolute Gasteiger partial charge is 0.370 e. The van der Waals surface area contributed by atoms with Crippen molar-refractivity contribution >= 4 is 5.82 Å². The van der Waals surface area contributed by atoms with Crippen molar-refractivity contribution in [1.29, 1.82) is 0 Å². The van der Waals surface area contributed by atoms with E-state index in [1.807, 2.05) is 0 Å². The summed E-state index contributed by atoms with van der Waals surface area (Å²) in [4.78, 5) is 14.4. The smallest absolute Gasteiger partial charge is 0.149 e. The first-order valence-electron chi connectivity index (χ1n) is 8.14. The Morgan fingerprint density at radius 1 is 1.24 bits per heavy atom. The molecule has 1 saturated heterocycles. The molecule has 0 saturated carbocycles. The van der Waals surface area contributed by atoms with Crippen molar-refractivity contribution in [3.05, 3.63) is 17.6 Å². The Balaban J connectivity index is 2.30. The van der Waals surface area contributed by atoms with E-state index < -0.39 is 0 Å². The van der Waals surface area contributed by atoms with Crippen LogP contribution in [0.4, 0.5) is 5.82 Å². The van der Waals surface area contributed by atoms with Crippen LogP contribution in [-0.4, -0.2) is 60.0 Å². The van der Waals surface area contributed by atoms with Crippen LogP contribution in [0.15, 0.2) is 6.07 Å². The Morgan fingerprint density at radius 3 is 2.76 bits per heavy atom. The SMILES string of the molecule is CCCc1cc(NCC)nc(C2CN(C)CCCN2C)n1. The average molecular weight is 291 g/mol. The first-order chi connectivity index (χ1) is 10.1. The monoisotopic (exact) mass is 291 g/mol. The van der Waals surface area contributed by atoms with Crippen molar-refractivity contribution in [3.8, 4) is 0 Å². The first kappa shape index (κ1) is 16.2. The molecule has 1 fully saturated rings. The highest BCUT2D eigenvalue weighted by Crippen LogP contribution is 2.22. The third-order valence-corrected chi connectivity index (χ3v) is 4.03. The van der Waals surface area contributed by atoms with Gasteiger partial charge >= 0.3 is 0 Å². The van der Waals surface area contributed by atoms with Gasteiger partial charge in [0.25, 0.3) is 0 Å². The van der Waals surface area contributed by atoms with Crippen LogP contribution in [0.5, 0.6) is 0 Å². The van der Waals surface area contributed by atoms with Crippen molar-refractivity contribution in [2.24, 2.45) is 0 Å². The number of rotatable bonds is 5. The molecule has 21 heavy (non-hydrogen) atoms. The highest BCUT2D eigenvalue weighted by molar-refractivity contribution is 5.36. The van der Waals surface area contributed by atoms with E-state index in [9.17, 15) is 0 Å². The third-order valence-electron chi connectivity index (χ3n) is 4.03. The van der Waals surface area contributed by atoms with Gasteiger partial charge in [-0.3, -0.25) is 4.90 Å². The van der Waals surface area contributed by atoms with Gasteiger partial charge in [-0.15, -0.1) is 0 Å². The molecule has 0 spiro atoms. The minimum Gasteiger partial charge on any atom is -0.370 e. The normalized spacial score (nSPS) is 21.2. The summed E-state index contributed by atoms with van der Waals surface area (Å²) in [6, 6.07) is 2.38. The molecule has 5 heteroatoms. The molecule has 0 aromatic carbocycles. The molecule has 1 atom stereocenters. The predicted octanol–water partition coefficient (Wildman–Crippen LogP) is 2.17. The number of likely N-dealkylation sites (N-methyl/N-ethyl adjacent to an activating group) is 2. The maximum Gasteiger partial charge on any atom is 0.149 e. The fourth-order valence-corrected chi connectivity index (χ4v) is 2.87. The quantitative estimate of drug-likeness (QED) is 0.901. The lowest BCUT2D eigenvalue weighted by molar-refractivity contribution is 0.219. The summed E-state index contributed by atoms with van der Waals surface area (Å²) in [6.45, 7) is 8.44. The Bertz CT molecular complexity index is 424. The summed E-state index contributed by atoms with van der Waals surface area (Å²) in [5.41, 5.74) is 1.15. The third kappa shape index (κ3) is 4.38. The number of anilines is 1. The minimum absolute atomic E-state index is 0.284. The Labute approximate surface area is 128 Å². The summed E-state index contributed by atoms with van der Waals surface area (Å²) < 4.78 is 0. The molecule has 2 rings (SSSR count). The predicted molar refractivity (Wildman–Crippen MR) is 87.7 cm³/mol. The molecule has 118 valence electrons. The molecular formula is C16H29N5. The molecule has 0 amide bonds. The van der Waals surface area contributed by atoms with Crippen molar-refractivity contribution in [2.75, 3.05) is 45.6 Å². The van der Waals surface area contributed by atoms with Gasteiger partial charge in [0, 0.05) is 24.8 Å². The van der Waals surface area contributed by atoms with Gasteiger partial charge in [0.2, 0.25) is 0 Å². The maximum absolute atomic E-state index is 4.84. The number of aryl methyl sites for hydroxylation is 1. The van der Waals surface area contributed by atoms with Crippen LogP contribution < -0.4 is 5.32 Å². The van der Waals surface area contributed by atoms with E-state index in [1.165, 1.54) is 6.42 Å². The number of hydrogen-bond acceptors (Lipinski definition) is 5. The summed E-state index contributed by atoms with van der Waals surface area (Å²) in [5.74, 6) is 1.93. The van der Waals surface area contributed by atoms with Crippen LogP contribution in [-0.2, 0) is 6.42 Å². The molecular weight excluding hydrogens is 262 g/mol. The average Bonchev–Trinajstić information content (AvgIpc) is 2.61. The minimum atomic E-state index is 0.284. The summed E-state index contributed by atoms with van der Waals surface area (Å²) in [7, 11) is 4.37. The lowest BCUT2D eigenvalue weighted by Crippen LogP contribution is -2.32. The number of nitrogens with zero attached hydrogens (tertiary/aromatic N) is 4. The molecule has 1 aliphatic heterocycles. The molecule has 0 radical (unpaired) electrons. The van der Waals surface area contributed by atoms with Crippen molar-refractivity contribution in [1.82, 2.24) is 19.8 Å². The van der Waals surface area contributed by atoms with Crippen LogP contribution in [0.25, 0.3) is 0 Å². The highest BCUT2D eigenvalue weighted by atomic mass is 15.2. The van der Waals surface area contributed by atoms with E-state index in [0.29, 0.717) is 0 Å². The van der Waals surface area contributed by atoms with Crippen molar-refractivity contribution in [2.45, 2.75) is 39.2 Å². The molecule has 1 aliphatic rings. The van der Waals surface area contributed by atoms with Gasteiger partial charge in [-0.1, -0.05) is 13.3 Å². The second-order valence-electron chi connectivity index (χ2n) is 6.00. The molecule has 1 aromatic heterocycles. The summed E-state index contributed by atoms with van der Waals surface area (Å²) in [5, 5.41) is 3.34. The lowest BCUT2D eigenvalue weighted by atomic mass is 10.2. The zero-order valence-electron chi connectivity index (χ0n) is 13.9. The van der Waals surface area contributed by atoms with E-state index in [2.05, 4.69) is 49.1 Å². The van der Waals surface area contributed by atoms with Gasteiger partial charge < -0.3 is 10.2 Å². The standard InChI is InChI=1S/C16H29N5/c1-5-8-13-11-15(17-6-2)19-16(18-13)14-12-20(3)9-7-10-21(14)4/h11,14H,5-10,12H2,1-4H3,(H,17,18,19). The Morgan fingerprint density at radius 2 is 2.05 bits per heavy atom. The van der Waals surface area contributed by atoms with E-state index in [0.717, 1.165) is 56.4 Å². The van der Waals surface area contributed by atoms with E-state index >= 15 is 0 Å². The molecule has 0 bridgehead atoms. The van der Waals surface area contributed by atoms with Gasteiger partial charge in [0.05, 0.1) is 6.04 Å². The van der Waals surface area contributed by atoms with E-state index in [4.69, 9.17) is 9.97 Å². The van der Waals surface area contributed by atoms with Gasteiger partial charge in [-0.2, -0.15) is 0 Å². The second-order valence-corrected chi connectivity index (χ2v) is 6.00. The van der Waals surface area contributed by atoms with Crippen molar-refractivity contribution in [3.63, 3.8) is 0 Å². The number of aromatic nitrogens is 2. The van der Waals surface area contributed by atoms with Crippen LogP contribution in [0, 0.1) is 0 Å². The maximum atomic E-state index is 4.84. The van der Waals surface area contributed by atoms with Gasteiger partial charge in [0.1, 0.15) is 11.6 Å². The fourth-order valence-electron chi connectivity index (χ4n) is 2.87. The topological polar surface area (TPSA) is 44.3 Å². The summed E-state index contributed by atoms with van der Waals surface area (Å²) >= 11 is 0. The van der Waals surface area contributed by atoms with Crippen LogP contribution in [0.3, 0.4) is 0 Å². The highest BCUT2D eigenvalue weighted by Gasteiger charge is 2.25. The van der Waals surface area contributed by atoms with Gasteiger partial charge in [0.15, 0.2) is 0 Å². The summed E-state index contributed by atoms with van der Waals surface area (Å²) in [6.07, 6.45) is 3.33. The Kier molecular flexibility index (Phi) is 5.94. The van der Waals surface area contributed by atoms with E-state index in [1.54, 1.807) is 0 Å². The fraction of sp³-hybridized carbons (Fsp3) is 0.750. The van der Waals surface area contributed by atoms with Crippen LogP contribution >= 0.6 is 0 Å². The van der Waals surface area contributed by atoms with Gasteiger partial charge in [-0.05, 0) is 47.0 Å². The lowest BCUT2D eigenvalue weighted by Gasteiger charge is -2.26. The number of hydrogen-bond donors (Lipinski definition) is 1.